The normalized spacial score (nSPS) is 11.1. The topological polar surface area (TPSA) is 38.3 Å². The van der Waals surface area contributed by atoms with Crippen molar-refractivity contribution in [3.05, 3.63) is 64.1 Å². The Hall–Kier alpha value is -1.81. The third-order valence-electron chi connectivity index (χ3n) is 3.46. The monoisotopic (exact) mass is 375 g/mol. The highest BCUT2D eigenvalue weighted by Gasteiger charge is 2.13. The van der Waals surface area contributed by atoms with Crippen LogP contribution in [0.2, 0.25) is 0 Å². The highest BCUT2D eigenvalue weighted by Crippen LogP contribution is 2.25. The van der Waals surface area contributed by atoms with E-state index >= 15 is 0 Å². The van der Waals surface area contributed by atoms with Crippen LogP contribution in [-0.4, -0.2) is 19.1 Å². The van der Waals surface area contributed by atoms with Crippen molar-refractivity contribution >= 4 is 21.8 Å². The molecule has 0 saturated heterocycles. The largest absolute Gasteiger partial charge is 0.492 e. The molecule has 2 aromatic rings. The Morgan fingerprint density at radius 2 is 1.83 bits per heavy atom. The van der Waals surface area contributed by atoms with Crippen LogP contribution in [0, 0.1) is 0 Å². The van der Waals surface area contributed by atoms with Crippen LogP contribution in [0.3, 0.4) is 0 Å². The maximum atomic E-state index is 12.0. The summed E-state index contributed by atoms with van der Waals surface area (Å²) in [4.78, 5) is 12.0. The standard InChI is InChI=1S/C19H22BrNO2/c1-19(2,3)15-5-4-6-17(13-15)23-12-11-21-18(22)14-7-9-16(20)10-8-14/h4-10,13H,11-12H2,1-3H3,(H,21,22). The second-order valence-electron chi connectivity index (χ2n) is 6.39. The predicted octanol–water partition coefficient (Wildman–Crippen LogP) is 4.56. The average Bonchev–Trinajstić information content (AvgIpc) is 2.51. The molecule has 0 heterocycles. The van der Waals surface area contributed by atoms with Gasteiger partial charge in [-0.25, -0.2) is 0 Å². The fraction of sp³-hybridized carbons (Fsp3) is 0.316. The summed E-state index contributed by atoms with van der Waals surface area (Å²) in [6, 6.07) is 15.4. The lowest BCUT2D eigenvalue weighted by molar-refractivity contribution is 0.0947. The number of hydrogen-bond donors (Lipinski definition) is 1. The van der Waals surface area contributed by atoms with E-state index < -0.39 is 0 Å². The third kappa shape index (κ3) is 5.39. The summed E-state index contributed by atoms with van der Waals surface area (Å²) in [6.07, 6.45) is 0. The third-order valence-corrected chi connectivity index (χ3v) is 3.99. The molecule has 0 aliphatic carbocycles. The molecule has 0 aliphatic rings. The van der Waals surface area contributed by atoms with Crippen LogP contribution in [-0.2, 0) is 5.41 Å². The van der Waals surface area contributed by atoms with E-state index in [9.17, 15) is 4.79 Å². The minimum absolute atomic E-state index is 0.0924. The number of carbonyl (C=O) groups is 1. The van der Waals surface area contributed by atoms with E-state index in [0.717, 1.165) is 10.2 Å². The van der Waals surface area contributed by atoms with Crippen LogP contribution in [0.1, 0.15) is 36.7 Å². The van der Waals surface area contributed by atoms with Gasteiger partial charge < -0.3 is 10.1 Å². The number of benzene rings is 2. The lowest BCUT2D eigenvalue weighted by atomic mass is 9.87. The van der Waals surface area contributed by atoms with Crippen molar-refractivity contribution < 1.29 is 9.53 Å². The number of rotatable bonds is 5. The van der Waals surface area contributed by atoms with E-state index in [-0.39, 0.29) is 11.3 Å². The summed E-state index contributed by atoms with van der Waals surface area (Å²) in [7, 11) is 0. The first-order valence-electron chi connectivity index (χ1n) is 7.63. The highest BCUT2D eigenvalue weighted by molar-refractivity contribution is 9.10. The molecule has 0 fully saturated rings. The van der Waals surface area contributed by atoms with Gasteiger partial charge in [-0.15, -0.1) is 0 Å². The number of ether oxygens (including phenoxy) is 1. The molecule has 1 N–H and O–H groups in total. The summed E-state index contributed by atoms with van der Waals surface area (Å²) in [5.74, 6) is 0.736. The fourth-order valence-corrected chi connectivity index (χ4v) is 2.35. The molecule has 2 aromatic carbocycles. The van der Waals surface area contributed by atoms with Crippen LogP contribution >= 0.6 is 15.9 Å². The van der Waals surface area contributed by atoms with Crippen LogP contribution < -0.4 is 10.1 Å². The summed E-state index contributed by atoms with van der Waals surface area (Å²) < 4.78 is 6.68. The first kappa shape index (κ1) is 17.5. The molecule has 0 bridgehead atoms. The van der Waals surface area contributed by atoms with Gasteiger partial charge in [-0.1, -0.05) is 48.8 Å². The van der Waals surface area contributed by atoms with E-state index in [4.69, 9.17) is 4.74 Å². The van der Waals surface area contributed by atoms with Gasteiger partial charge in [0.2, 0.25) is 0 Å². The molecule has 0 spiro atoms. The van der Waals surface area contributed by atoms with Crippen LogP contribution in [0.5, 0.6) is 5.75 Å². The molecule has 2 rings (SSSR count). The van der Waals surface area contributed by atoms with E-state index in [0.29, 0.717) is 18.7 Å². The lowest BCUT2D eigenvalue weighted by Crippen LogP contribution is -2.28. The Morgan fingerprint density at radius 1 is 1.13 bits per heavy atom. The minimum atomic E-state index is -0.0930. The molecular formula is C19H22BrNO2. The van der Waals surface area contributed by atoms with E-state index in [2.05, 4.69) is 54.2 Å². The van der Waals surface area contributed by atoms with E-state index in [1.807, 2.05) is 24.3 Å². The van der Waals surface area contributed by atoms with Crippen molar-refractivity contribution in [1.29, 1.82) is 0 Å². The average molecular weight is 376 g/mol. The Morgan fingerprint density at radius 3 is 2.48 bits per heavy atom. The minimum Gasteiger partial charge on any atom is -0.492 e. The molecule has 122 valence electrons. The second kappa shape index (κ2) is 7.64. The van der Waals surface area contributed by atoms with Gasteiger partial charge in [-0.2, -0.15) is 0 Å². The van der Waals surface area contributed by atoms with Gasteiger partial charge in [0.25, 0.3) is 5.91 Å². The molecule has 1 amide bonds. The summed E-state index contributed by atoms with van der Waals surface area (Å²) >= 11 is 3.35. The quantitative estimate of drug-likeness (QED) is 0.778. The molecular weight excluding hydrogens is 354 g/mol. The number of carbonyl (C=O) groups excluding carboxylic acids is 1. The molecule has 0 aromatic heterocycles. The Bertz CT molecular complexity index is 660. The highest BCUT2D eigenvalue weighted by atomic mass is 79.9. The first-order valence-corrected chi connectivity index (χ1v) is 8.43. The predicted molar refractivity (Wildman–Crippen MR) is 97.1 cm³/mol. The molecule has 23 heavy (non-hydrogen) atoms. The lowest BCUT2D eigenvalue weighted by Gasteiger charge is -2.19. The molecule has 4 heteroatoms. The number of amides is 1. The first-order chi connectivity index (χ1) is 10.9. The summed E-state index contributed by atoms with van der Waals surface area (Å²) in [5.41, 5.74) is 1.96. The van der Waals surface area contributed by atoms with Crippen LogP contribution in [0.25, 0.3) is 0 Å². The maximum Gasteiger partial charge on any atom is 0.251 e. The summed E-state index contributed by atoms with van der Waals surface area (Å²) in [5, 5.41) is 2.85. The molecule has 0 radical (unpaired) electrons. The van der Waals surface area contributed by atoms with Crippen molar-refractivity contribution in [2.24, 2.45) is 0 Å². The Kier molecular flexibility index (Phi) is 5.83. The van der Waals surface area contributed by atoms with Gasteiger partial charge in [-0.05, 0) is 47.4 Å². The second-order valence-corrected chi connectivity index (χ2v) is 7.30. The van der Waals surface area contributed by atoms with Crippen molar-refractivity contribution in [3.63, 3.8) is 0 Å². The van der Waals surface area contributed by atoms with Crippen molar-refractivity contribution in [1.82, 2.24) is 5.32 Å². The number of halogens is 1. The van der Waals surface area contributed by atoms with Crippen molar-refractivity contribution in [2.75, 3.05) is 13.2 Å². The van der Waals surface area contributed by atoms with Crippen molar-refractivity contribution in [3.8, 4) is 5.75 Å². The molecule has 0 atom stereocenters. The Labute approximate surface area is 146 Å². The zero-order chi connectivity index (χ0) is 16.9. The van der Waals surface area contributed by atoms with Crippen LogP contribution in [0.4, 0.5) is 0 Å². The van der Waals surface area contributed by atoms with Crippen molar-refractivity contribution in [2.45, 2.75) is 26.2 Å². The van der Waals surface area contributed by atoms with Crippen LogP contribution in [0.15, 0.2) is 53.0 Å². The van der Waals surface area contributed by atoms with E-state index in [1.165, 1.54) is 5.56 Å². The SMILES string of the molecule is CC(C)(C)c1cccc(OCCNC(=O)c2ccc(Br)cc2)c1. The van der Waals surface area contributed by atoms with Gasteiger partial charge in [0.1, 0.15) is 12.4 Å². The van der Waals surface area contributed by atoms with Gasteiger partial charge in [0, 0.05) is 10.0 Å². The van der Waals surface area contributed by atoms with E-state index in [1.54, 1.807) is 12.1 Å². The van der Waals surface area contributed by atoms with Gasteiger partial charge >= 0.3 is 0 Å². The molecule has 0 saturated carbocycles. The Balaban J connectivity index is 1.81. The zero-order valence-corrected chi connectivity index (χ0v) is 15.3. The molecule has 3 nitrogen and oxygen atoms in total. The molecule has 0 unspecified atom stereocenters. The zero-order valence-electron chi connectivity index (χ0n) is 13.7. The molecule has 0 aliphatic heterocycles. The summed E-state index contributed by atoms with van der Waals surface area (Å²) in [6.45, 7) is 7.42. The van der Waals surface area contributed by atoms with Gasteiger partial charge in [0.15, 0.2) is 0 Å². The number of nitrogens with one attached hydrogen (secondary N) is 1. The number of hydrogen-bond acceptors (Lipinski definition) is 2. The van der Waals surface area contributed by atoms with Gasteiger partial charge in [0.05, 0.1) is 6.54 Å². The smallest absolute Gasteiger partial charge is 0.251 e. The fourth-order valence-electron chi connectivity index (χ4n) is 2.09. The maximum absolute atomic E-state index is 12.0. The van der Waals surface area contributed by atoms with Gasteiger partial charge in [-0.3, -0.25) is 4.79 Å².